The molecule has 0 nitrogen and oxygen atoms in total. The molecule has 0 atom stereocenters. The highest BCUT2D eigenvalue weighted by Gasteiger charge is 1.91. The van der Waals surface area contributed by atoms with Gasteiger partial charge in [0.05, 0.1) is 0 Å². The highest BCUT2D eigenvalue weighted by atomic mass is 32.2. The molecule has 0 aromatic carbocycles. The molecule has 0 heterocycles. The van der Waals surface area contributed by atoms with Crippen molar-refractivity contribution in [2.75, 3.05) is 23.0 Å². The van der Waals surface area contributed by atoms with Gasteiger partial charge in [-0.2, -0.15) is 23.5 Å². The first-order valence-electron chi connectivity index (χ1n) is 6.07. The highest BCUT2D eigenvalue weighted by molar-refractivity contribution is 7.99. The Hall–Kier alpha value is 0.700. The molecular weight excluding hydrogens is 208 g/mol. The lowest BCUT2D eigenvalue weighted by molar-refractivity contribution is 0.629. The van der Waals surface area contributed by atoms with Crippen molar-refractivity contribution in [1.82, 2.24) is 0 Å². The van der Waals surface area contributed by atoms with Crippen molar-refractivity contribution in [1.29, 1.82) is 0 Å². The third-order valence-electron chi connectivity index (χ3n) is 2.24. The summed E-state index contributed by atoms with van der Waals surface area (Å²) in [6, 6.07) is 0. The van der Waals surface area contributed by atoms with Gasteiger partial charge in [-0.05, 0) is 35.9 Å². The molecule has 0 aliphatic heterocycles. The molecule has 0 bridgehead atoms. The summed E-state index contributed by atoms with van der Waals surface area (Å²) in [4.78, 5) is 0. The summed E-state index contributed by atoms with van der Waals surface area (Å²) in [5.74, 6) is 5.33. The van der Waals surface area contributed by atoms with Crippen LogP contribution in [-0.4, -0.2) is 23.0 Å². The molecule has 0 aliphatic rings. The molecule has 0 unspecified atom stereocenters. The fourth-order valence-corrected chi connectivity index (χ4v) is 2.80. The molecule has 0 N–H and O–H groups in total. The molecular formula is C12H26S2. The molecule has 0 fully saturated rings. The van der Waals surface area contributed by atoms with Crippen LogP contribution < -0.4 is 0 Å². The Morgan fingerprint density at radius 3 is 1.29 bits per heavy atom. The zero-order chi connectivity index (χ0) is 10.5. The first-order valence-corrected chi connectivity index (χ1v) is 8.38. The Kier molecular flexibility index (Phi) is 14.4. The summed E-state index contributed by atoms with van der Waals surface area (Å²) in [5.41, 5.74) is 0. The molecule has 0 aromatic rings. The van der Waals surface area contributed by atoms with E-state index in [1.54, 1.807) is 0 Å². The van der Waals surface area contributed by atoms with Crippen molar-refractivity contribution in [3.8, 4) is 0 Å². The maximum Gasteiger partial charge on any atom is -0.00676 e. The van der Waals surface area contributed by atoms with Gasteiger partial charge in [0, 0.05) is 0 Å². The van der Waals surface area contributed by atoms with Gasteiger partial charge in [0.2, 0.25) is 0 Å². The summed E-state index contributed by atoms with van der Waals surface area (Å²) in [5, 5.41) is 0. The topological polar surface area (TPSA) is 0 Å². The van der Waals surface area contributed by atoms with E-state index >= 15 is 0 Å². The number of unbranched alkanes of at least 4 members (excludes halogenated alkanes) is 5. The zero-order valence-corrected chi connectivity index (χ0v) is 11.5. The second kappa shape index (κ2) is 13.7. The van der Waals surface area contributed by atoms with Gasteiger partial charge in [-0.3, -0.25) is 0 Å². The summed E-state index contributed by atoms with van der Waals surface area (Å²) in [6.45, 7) is 4.49. The van der Waals surface area contributed by atoms with E-state index in [0.29, 0.717) is 0 Å². The number of thioether (sulfide) groups is 2. The van der Waals surface area contributed by atoms with Crippen LogP contribution in [0.5, 0.6) is 0 Å². The minimum atomic E-state index is 1.29. The Bertz CT molecular complexity index is 82.3. The molecule has 0 aromatic heterocycles. The first kappa shape index (κ1) is 14.7. The second-order valence-corrected chi connectivity index (χ2v) is 6.30. The maximum absolute atomic E-state index is 2.25. The van der Waals surface area contributed by atoms with Gasteiger partial charge in [-0.15, -0.1) is 0 Å². The fourth-order valence-electron chi connectivity index (χ4n) is 1.40. The van der Waals surface area contributed by atoms with Gasteiger partial charge in [-0.1, -0.05) is 39.5 Å². The van der Waals surface area contributed by atoms with E-state index in [1.165, 1.54) is 61.5 Å². The highest BCUT2D eigenvalue weighted by Crippen LogP contribution is 2.11. The molecule has 0 radical (unpaired) electrons. The molecule has 2 heteroatoms. The molecule has 0 amide bonds. The van der Waals surface area contributed by atoms with E-state index in [2.05, 4.69) is 37.4 Å². The standard InChI is InChI=1S/C12H26S2/c1-3-13-11-9-7-5-6-8-10-12-14-4-2/h3-12H2,1-2H3. The molecule has 0 saturated heterocycles. The molecule has 86 valence electrons. The minimum Gasteiger partial charge on any atom is -0.162 e. The van der Waals surface area contributed by atoms with Crippen molar-refractivity contribution in [3.05, 3.63) is 0 Å². The largest absolute Gasteiger partial charge is 0.162 e. The Morgan fingerprint density at radius 2 is 0.929 bits per heavy atom. The monoisotopic (exact) mass is 234 g/mol. The fraction of sp³-hybridized carbons (Fsp3) is 1.00. The molecule has 0 aliphatic carbocycles. The van der Waals surface area contributed by atoms with E-state index in [0.717, 1.165) is 0 Å². The van der Waals surface area contributed by atoms with Crippen LogP contribution in [0.25, 0.3) is 0 Å². The minimum absolute atomic E-state index is 1.29. The van der Waals surface area contributed by atoms with E-state index in [-0.39, 0.29) is 0 Å². The van der Waals surface area contributed by atoms with Crippen LogP contribution in [0.3, 0.4) is 0 Å². The Morgan fingerprint density at radius 1 is 0.571 bits per heavy atom. The van der Waals surface area contributed by atoms with Crippen LogP contribution in [0, 0.1) is 0 Å². The van der Waals surface area contributed by atoms with Gasteiger partial charge in [0.15, 0.2) is 0 Å². The first-order chi connectivity index (χ1) is 6.91. The lowest BCUT2D eigenvalue weighted by Crippen LogP contribution is -1.85. The molecule has 0 spiro atoms. The zero-order valence-electron chi connectivity index (χ0n) is 9.89. The number of hydrogen-bond acceptors (Lipinski definition) is 2. The Labute approximate surface area is 99.0 Å². The van der Waals surface area contributed by atoms with E-state index in [4.69, 9.17) is 0 Å². The van der Waals surface area contributed by atoms with Crippen LogP contribution in [0.4, 0.5) is 0 Å². The summed E-state index contributed by atoms with van der Waals surface area (Å²) in [7, 11) is 0. The third kappa shape index (κ3) is 12.7. The summed E-state index contributed by atoms with van der Waals surface area (Å²) >= 11 is 4.16. The average Bonchev–Trinajstić information content (AvgIpc) is 2.21. The van der Waals surface area contributed by atoms with Crippen LogP contribution in [0.1, 0.15) is 52.4 Å². The smallest absolute Gasteiger partial charge is 0.00676 e. The van der Waals surface area contributed by atoms with Crippen molar-refractivity contribution in [2.24, 2.45) is 0 Å². The van der Waals surface area contributed by atoms with Crippen molar-refractivity contribution in [3.63, 3.8) is 0 Å². The van der Waals surface area contributed by atoms with Crippen LogP contribution in [0.2, 0.25) is 0 Å². The summed E-state index contributed by atoms with van der Waals surface area (Å²) in [6.07, 6.45) is 8.69. The number of rotatable bonds is 11. The predicted molar refractivity (Wildman–Crippen MR) is 73.7 cm³/mol. The lowest BCUT2D eigenvalue weighted by Gasteiger charge is -2.01. The van der Waals surface area contributed by atoms with Gasteiger partial charge in [0.25, 0.3) is 0 Å². The van der Waals surface area contributed by atoms with Gasteiger partial charge in [-0.25, -0.2) is 0 Å². The predicted octanol–water partition coefficient (Wildman–Crippen LogP) is 4.83. The average molecular weight is 234 g/mol. The SMILES string of the molecule is CCSCCCCCCCCSCC. The Balaban J connectivity index is 2.78. The van der Waals surface area contributed by atoms with E-state index in [9.17, 15) is 0 Å². The van der Waals surface area contributed by atoms with Crippen molar-refractivity contribution < 1.29 is 0 Å². The molecule has 0 rings (SSSR count). The van der Waals surface area contributed by atoms with Crippen LogP contribution >= 0.6 is 23.5 Å². The van der Waals surface area contributed by atoms with E-state index in [1.807, 2.05) is 0 Å². The normalized spacial score (nSPS) is 10.7. The maximum atomic E-state index is 2.25. The summed E-state index contributed by atoms with van der Waals surface area (Å²) < 4.78 is 0. The lowest BCUT2D eigenvalue weighted by atomic mass is 10.1. The van der Waals surface area contributed by atoms with E-state index < -0.39 is 0 Å². The van der Waals surface area contributed by atoms with Crippen LogP contribution in [-0.2, 0) is 0 Å². The van der Waals surface area contributed by atoms with Crippen molar-refractivity contribution in [2.45, 2.75) is 52.4 Å². The molecule has 14 heavy (non-hydrogen) atoms. The second-order valence-electron chi connectivity index (χ2n) is 3.52. The number of hydrogen-bond donors (Lipinski definition) is 0. The van der Waals surface area contributed by atoms with Crippen molar-refractivity contribution >= 4 is 23.5 Å². The van der Waals surface area contributed by atoms with Gasteiger partial charge in [0.1, 0.15) is 0 Å². The third-order valence-corrected chi connectivity index (χ3v) is 4.21. The van der Waals surface area contributed by atoms with Gasteiger partial charge >= 0.3 is 0 Å². The van der Waals surface area contributed by atoms with Crippen LogP contribution in [0.15, 0.2) is 0 Å². The quantitative estimate of drug-likeness (QED) is 0.470. The molecule has 0 saturated carbocycles. The van der Waals surface area contributed by atoms with Gasteiger partial charge < -0.3 is 0 Å².